The van der Waals surface area contributed by atoms with Crippen molar-refractivity contribution in [1.82, 2.24) is 15.3 Å². The molecular weight excluding hydrogens is 470 g/mol. The number of carbonyl (C=O) groups excluding carboxylic acids is 2. The molecule has 1 unspecified atom stereocenters. The van der Waals surface area contributed by atoms with Gasteiger partial charge in [0.05, 0.1) is 5.57 Å². The van der Waals surface area contributed by atoms with E-state index in [1.165, 1.54) is 18.3 Å². The molecule has 3 aromatic heterocycles. The smallest absolute Gasteiger partial charge is 0.337 e. The van der Waals surface area contributed by atoms with E-state index in [4.69, 9.17) is 4.74 Å². The molecule has 7 heteroatoms. The van der Waals surface area contributed by atoms with E-state index in [0.717, 1.165) is 38.2 Å². The van der Waals surface area contributed by atoms with Crippen LogP contribution in [0, 0.1) is 0 Å². The molecule has 4 aromatic rings. The van der Waals surface area contributed by atoms with Crippen molar-refractivity contribution in [2.75, 3.05) is 0 Å². The Morgan fingerprint density at radius 1 is 1.00 bits per heavy atom. The molecule has 1 aromatic carbocycles. The Labute approximate surface area is 213 Å². The average molecular weight is 496 g/mol. The highest BCUT2D eigenvalue weighted by atomic mass is 32.1. The summed E-state index contributed by atoms with van der Waals surface area (Å²) in [6.45, 7) is 5.36. The lowest BCUT2D eigenvalue weighted by atomic mass is 9.79. The molecular formula is C29H25N3O3S. The van der Waals surface area contributed by atoms with E-state index >= 15 is 0 Å². The zero-order valence-corrected chi connectivity index (χ0v) is 21.1. The van der Waals surface area contributed by atoms with E-state index in [2.05, 4.69) is 15.3 Å². The number of Topliss-reactive ketones (excluding diaryl/α,β-unsaturated/α-hetero) is 1. The highest BCUT2D eigenvalue weighted by molar-refractivity contribution is 7.16. The van der Waals surface area contributed by atoms with Gasteiger partial charge >= 0.3 is 5.97 Å². The molecule has 0 amide bonds. The van der Waals surface area contributed by atoms with Gasteiger partial charge in [-0.1, -0.05) is 30.3 Å². The minimum atomic E-state index is -0.532. The summed E-state index contributed by atoms with van der Waals surface area (Å²) in [5, 5.41) is 6.15. The fourth-order valence-electron chi connectivity index (χ4n) is 4.75. The van der Waals surface area contributed by atoms with Crippen LogP contribution in [-0.4, -0.2) is 21.7 Å². The Morgan fingerprint density at radius 3 is 2.56 bits per heavy atom. The monoisotopic (exact) mass is 495 g/mol. The van der Waals surface area contributed by atoms with Crippen molar-refractivity contribution in [3.63, 3.8) is 0 Å². The van der Waals surface area contributed by atoms with E-state index < -0.39 is 11.9 Å². The highest BCUT2D eigenvalue weighted by Gasteiger charge is 2.37. The summed E-state index contributed by atoms with van der Waals surface area (Å²) in [6, 6.07) is 15.6. The first-order chi connectivity index (χ1) is 17.4. The first-order valence-electron chi connectivity index (χ1n) is 11.6. The largest absolute Gasteiger partial charge is 0.457 e. The van der Waals surface area contributed by atoms with Crippen molar-refractivity contribution < 1.29 is 14.3 Å². The first kappa shape index (κ1) is 23.6. The molecule has 5 rings (SSSR count). The Balaban J connectivity index is 1.47. The number of dihydropyridines is 1. The van der Waals surface area contributed by atoms with Crippen LogP contribution in [0.25, 0.3) is 21.3 Å². The fourth-order valence-corrected chi connectivity index (χ4v) is 5.69. The van der Waals surface area contributed by atoms with Gasteiger partial charge in [0.1, 0.15) is 11.4 Å². The molecule has 180 valence electrons. The van der Waals surface area contributed by atoms with Crippen molar-refractivity contribution in [1.29, 1.82) is 0 Å². The molecule has 0 radical (unpaired) electrons. The van der Waals surface area contributed by atoms with Crippen LogP contribution in [0.2, 0.25) is 0 Å². The van der Waals surface area contributed by atoms with Gasteiger partial charge in [0, 0.05) is 46.9 Å². The standard InChI is InChI=1S/C29H25N3O3S/c1-17-25(19(3)33)27(24-16-36-28-23(24)10-6-12-31-28)26(18(2)32-17)29(34)35-15-20-7-4-8-21(13-20)22-9-5-11-30-14-22/h4-14,16,27,32H,15H2,1-3H3. The van der Waals surface area contributed by atoms with Crippen molar-refractivity contribution >= 4 is 33.3 Å². The van der Waals surface area contributed by atoms with Crippen LogP contribution in [0.4, 0.5) is 0 Å². The Kier molecular flexibility index (Phi) is 6.48. The highest BCUT2D eigenvalue weighted by Crippen LogP contribution is 2.43. The lowest BCUT2D eigenvalue weighted by molar-refractivity contribution is -0.140. The zero-order chi connectivity index (χ0) is 25.2. The second kappa shape index (κ2) is 9.87. The van der Waals surface area contributed by atoms with Crippen molar-refractivity contribution in [2.24, 2.45) is 0 Å². The molecule has 1 aliphatic heterocycles. The number of esters is 1. The van der Waals surface area contributed by atoms with Gasteiger partial charge in [0.25, 0.3) is 0 Å². The lowest BCUT2D eigenvalue weighted by Crippen LogP contribution is -2.31. The molecule has 0 bridgehead atoms. The van der Waals surface area contributed by atoms with E-state index in [0.29, 0.717) is 16.8 Å². The van der Waals surface area contributed by atoms with Gasteiger partial charge in [-0.15, -0.1) is 11.3 Å². The molecule has 1 N–H and O–H groups in total. The van der Waals surface area contributed by atoms with E-state index in [1.807, 2.05) is 67.8 Å². The molecule has 0 spiro atoms. The summed E-state index contributed by atoms with van der Waals surface area (Å²) in [5.74, 6) is -1.07. The number of hydrogen-bond donors (Lipinski definition) is 1. The van der Waals surface area contributed by atoms with Crippen LogP contribution < -0.4 is 5.32 Å². The number of thiophene rings is 1. The van der Waals surface area contributed by atoms with Gasteiger partial charge in [0.15, 0.2) is 5.78 Å². The number of rotatable bonds is 6. The number of allylic oxidation sites excluding steroid dienone is 3. The predicted octanol–water partition coefficient (Wildman–Crippen LogP) is 5.93. The van der Waals surface area contributed by atoms with Crippen molar-refractivity contribution in [3.8, 4) is 11.1 Å². The predicted molar refractivity (Wildman–Crippen MR) is 141 cm³/mol. The molecule has 0 saturated heterocycles. The number of ketones is 1. The van der Waals surface area contributed by atoms with Crippen LogP contribution in [0.15, 0.2) is 95.0 Å². The number of fused-ring (bicyclic) bond motifs is 1. The van der Waals surface area contributed by atoms with Gasteiger partial charge in [-0.05, 0) is 66.6 Å². The molecule has 36 heavy (non-hydrogen) atoms. The summed E-state index contributed by atoms with van der Waals surface area (Å²) < 4.78 is 5.83. The minimum absolute atomic E-state index is 0.0878. The van der Waals surface area contributed by atoms with E-state index in [9.17, 15) is 9.59 Å². The summed E-state index contributed by atoms with van der Waals surface area (Å²) in [7, 11) is 0. The summed E-state index contributed by atoms with van der Waals surface area (Å²) in [4.78, 5) is 35.9. The van der Waals surface area contributed by atoms with Gasteiger partial charge in [-0.25, -0.2) is 9.78 Å². The Hall–Kier alpha value is -4.10. The molecule has 0 aliphatic carbocycles. The third-order valence-corrected chi connectivity index (χ3v) is 7.26. The Bertz CT molecular complexity index is 1540. The first-order valence-corrected chi connectivity index (χ1v) is 12.5. The number of aromatic nitrogens is 2. The van der Waals surface area contributed by atoms with Crippen molar-refractivity contribution in [3.05, 3.63) is 106 Å². The second-order valence-corrected chi connectivity index (χ2v) is 9.62. The van der Waals surface area contributed by atoms with Gasteiger partial charge in [-0.2, -0.15) is 0 Å². The maximum atomic E-state index is 13.6. The fraction of sp³-hybridized carbons (Fsp3) is 0.172. The van der Waals surface area contributed by atoms with Gasteiger partial charge in [-0.3, -0.25) is 9.78 Å². The zero-order valence-electron chi connectivity index (χ0n) is 20.2. The number of pyridine rings is 2. The van der Waals surface area contributed by atoms with E-state index in [-0.39, 0.29) is 12.4 Å². The summed E-state index contributed by atoms with van der Waals surface area (Å²) in [5.41, 5.74) is 6.18. The molecule has 0 saturated carbocycles. The molecule has 1 aliphatic rings. The number of nitrogens with zero attached hydrogens (tertiary/aromatic N) is 2. The van der Waals surface area contributed by atoms with Crippen LogP contribution in [-0.2, 0) is 20.9 Å². The number of ether oxygens (including phenoxy) is 1. The molecule has 6 nitrogen and oxygen atoms in total. The summed E-state index contributed by atoms with van der Waals surface area (Å²) in [6.07, 6.45) is 5.28. The topological polar surface area (TPSA) is 81.2 Å². The molecule has 0 fully saturated rings. The van der Waals surface area contributed by atoms with E-state index in [1.54, 1.807) is 18.6 Å². The maximum absolute atomic E-state index is 13.6. The number of benzene rings is 1. The van der Waals surface area contributed by atoms with Crippen LogP contribution in [0.5, 0.6) is 0 Å². The average Bonchev–Trinajstić information content (AvgIpc) is 3.31. The third-order valence-electron chi connectivity index (χ3n) is 6.34. The minimum Gasteiger partial charge on any atom is -0.457 e. The van der Waals surface area contributed by atoms with Gasteiger partial charge in [0.2, 0.25) is 0 Å². The molecule has 4 heterocycles. The van der Waals surface area contributed by atoms with Crippen molar-refractivity contribution in [2.45, 2.75) is 33.3 Å². The number of carbonyl (C=O) groups is 2. The van der Waals surface area contributed by atoms with Gasteiger partial charge < -0.3 is 10.1 Å². The Morgan fingerprint density at radius 2 is 1.78 bits per heavy atom. The lowest BCUT2D eigenvalue weighted by Gasteiger charge is -2.30. The SMILES string of the molecule is CC(=O)C1=C(C)NC(C)=C(C(=O)OCc2cccc(-c3cccnc3)c2)C1c1csc2ncccc12. The molecule has 1 atom stereocenters. The normalized spacial score (nSPS) is 15.7. The quantitative estimate of drug-likeness (QED) is 0.334. The number of hydrogen-bond acceptors (Lipinski definition) is 7. The van der Waals surface area contributed by atoms with Crippen LogP contribution in [0.1, 0.15) is 37.8 Å². The van der Waals surface area contributed by atoms with Crippen LogP contribution in [0.3, 0.4) is 0 Å². The van der Waals surface area contributed by atoms with Crippen LogP contribution >= 0.6 is 11.3 Å². The second-order valence-electron chi connectivity index (χ2n) is 8.76. The summed E-state index contributed by atoms with van der Waals surface area (Å²) >= 11 is 1.50. The third kappa shape index (κ3) is 4.45. The number of nitrogens with one attached hydrogen (secondary N) is 1. The maximum Gasteiger partial charge on any atom is 0.337 e.